The standard InChI is InChI=1S/C14H25N3O2/c1-9-7-14(8-9,12(15)17-19)13(18)16-11-6-4-3-5-10(11)2/h9-11,19H,3-8H2,1-2H3,(H2,15,17)(H,16,18). The summed E-state index contributed by atoms with van der Waals surface area (Å²) in [5.41, 5.74) is 4.98. The fraction of sp³-hybridized carbons (Fsp3) is 0.857. The van der Waals surface area contributed by atoms with Crippen LogP contribution in [0, 0.1) is 17.3 Å². The molecule has 0 aromatic rings. The van der Waals surface area contributed by atoms with Crippen LogP contribution in [0.1, 0.15) is 52.4 Å². The van der Waals surface area contributed by atoms with Gasteiger partial charge in [0.25, 0.3) is 0 Å². The van der Waals surface area contributed by atoms with E-state index in [1.165, 1.54) is 12.8 Å². The SMILES string of the molecule is CC1CC(C(=O)NC2CCCCC2C)(C(N)=NO)C1. The number of carbonyl (C=O) groups is 1. The lowest BCUT2D eigenvalue weighted by Crippen LogP contribution is -2.59. The molecule has 5 heteroatoms. The first-order valence-electron chi connectivity index (χ1n) is 7.28. The van der Waals surface area contributed by atoms with E-state index in [0.717, 1.165) is 12.8 Å². The highest BCUT2D eigenvalue weighted by Crippen LogP contribution is 2.46. The van der Waals surface area contributed by atoms with Crippen molar-refractivity contribution in [2.75, 3.05) is 0 Å². The lowest BCUT2D eigenvalue weighted by Gasteiger charge is -2.45. The summed E-state index contributed by atoms with van der Waals surface area (Å²) >= 11 is 0. The number of carbonyl (C=O) groups excluding carboxylic acids is 1. The Balaban J connectivity index is 2.05. The van der Waals surface area contributed by atoms with Crippen molar-refractivity contribution >= 4 is 11.7 Å². The molecule has 19 heavy (non-hydrogen) atoms. The number of amidine groups is 1. The smallest absolute Gasteiger partial charge is 0.234 e. The van der Waals surface area contributed by atoms with Crippen LogP contribution in [0.2, 0.25) is 0 Å². The zero-order valence-corrected chi connectivity index (χ0v) is 11.9. The van der Waals surface area contributed by atoms with Crippen LogP contribution in [-0.2, 0) is 4.79 Å². The predicted octanol–water partition coefficient (Wildman–Crippen LogP) is 1.84. The number of hydrogen-bond acceptors (Lipinski definition) is 3. The topological polar surface area (TPSA) is 87.7 Å². The Kier molecular flexibility index (Phi) is 4.02. The number of nitrogens with two attached hydrogens (primary N) is 1. The molecule has 2 atom stereocenters. The second kappa shape index (κ2) is 5.39. The third kappa shape index (κ3) is 2.55. The highest BCUT2D eigenvalue weighted by atomic mass is 16.4. The number of nitrogens with one attached hydrogen (secondary N) is 1. The predicted molar refractivity (Wildman–Crippen MR) is 73.8 cm³/mol. The molecule has 2 aliphatic rings. The molecule has 0 heterocycles. The van der Waals surface area contributed by atoms with Gasteiger partial charge in [-0.2, -0.15) is 0 Å². The zero-order chi connectivity index (χ0) is 14.0. The van der Waals surface area contributed by atoms with Gasteiger partial charge < -0.3 is 16.3 Å². The van der Waals surface area contributed by atoms with Crippen LogP contribution in [0.4, 0.5) is 0 Å². The lowest BCUT2D eigenvalue weighted by molar-refractivity contribution is -0.134. The fourth-order valence-corrected chi connectivity index (χ4v) is 3.57. The number of amides is 1. The van der Waals surface area contributed by atoms with E-state index in [4.69, 9.17) is 10.9 Å². The molecular formula is C14H25N3O2. The van der Waals surface area contributed by atoms with E-state index in [-0.39, 0.29) is 17.8 Å². The monoisotopic (exact) mass is 267 g/mol. The molecule has 2 saturated carbocycles. The van der Waals surface area contributed by atoms with E-state index >= 15 is 0 Å². The van der Waals surface area contributed by atoms with Gasteiger partial charge in [-0.3, -0.25) is 4.79 Å². The van der Waals surface area contributed by atoms with E-state index in [0.29, 0.717) is 24.7 Å². The van der Waals surface area contributed by atoms with Gasteiger partial charge in [-0.05, 0) is 37.5 Å². The third-order valence-electron chi connectivity index (χ3n) is 4.85. The van der Waals surface area contributed by atoms with Crippen molar-refractivity contribution < 1.29 is 10.0 Å². The Bertz CT molecular complexity index is 375. The van der Waals surface area contributed by atoms with Crippen molar-refractivity contribution in [2.24, 2.45) is 28.1 Å². The Morgan fingerprint density at radius 3 is 2.47 bits per heavy atom. The van der Waals surface area contributed by atoms with E-state index in [1.54, 1.807) is 0 Å². The van der Waals surface area contributed by atoms with Crippen LogP contribution in [0.25, 0.3) is 0 Å². The minimum absolute atomic E-state index is 0.0559. The first-order valence-corrected chi connectivity index (χ1v) is 7.28. The number of hydrogen-bond donors (Lipinski definition) is 3. The summed E-state index contributed by atoms with van der Waals surface area (Å²) in [6, 6.07) is 0.237. The van der Waals surface area contributed by atoms with Gasteiger partial charge in [0.15, 0.2) is 5.84 Å². The quantitative estimate of drug-likeness (QED) is 0.315. The van der Waals surface area contributed by atoms with Crippen molar-refractivity contribution in [3.05, 3.63) is 0 Å². The van der Waals surface area contributed by atoms with Crippen LogP contribution in [0.5, 0.6) is 0 Å². The van der Waals surface area contributed by atoms with Gasteiger partial charge in [-0.25, -0.2) is 0 Å². The highest BCUT2D eigenvalue weighted by molar-refractivity contribution is 6.07. The molecule has 0 radical (unpaired) electrons. The van der Waals surface area contributed by atoms with Crippen LogP contribution in [0.15, 0.2) is 5.16 Å². The molecule has 0 spiro atoms. The highest BCUT2D eigenvalue weighted by Gasteiger charge is 2.52. The summed E-state index contributed by atoms with van der Waals surface area (Å²) in [7, 11) is 0. The zero-order valence-electron chi connectivity index (χ0n) is 11.9. The van der Waals surface area contributed by atoms with Crippen LogP contribution < -0.4 is 11.1 Å². The number of oxime groups is 1. The van der Waals surface area contributed by atoms with Crippen molar-refractivity contribution in [3.63, 3.8) is 0 Å². The van der Waals surface area contributed by atoms with Crippen molar-refractivity contribution in [3.8, 4) is 0 Å². The Hall–Kier alpha value is -1.26. The lowest BCUT2D eigenvalue weighted by atomic mass is 9.61. The summed E-state index contributed by atoms with van der Waals surface area (Å²) in [6.45, 7) is 4.27. The van der Waals surface area contributed by atoms with Crippen molar-refractivity contribution in [2.45, 2.75) is 58.4 Å². The maximum Gasteiger partial charge on any atom is 0.234 e. The Morgan fingerprint density at radius 1 is 1.32 bits per heavy atom. The van der Waals surface area contributed by atoms with E-state index in [2.05, 4.69) is 24.3 Å². The molecule has 0 bridgehead atoms. The molecule has 1 amide bonds. The summed E-state index contributed by atoms with van der Waals surface area (Å²) in [6.07, 6.45) is 5.97. The third-order valence-corrected chi connectivity index (χ3v) is 4.85. The number of nitrogens with zero attached hydrogens (tertiary/aromatic N) is 1. The maximum absolute atomic E-state index is 12.5. The number of rotatable bonds is 3. The van der Waals surface area contributed by atoms with Gasteiger partial charge >= 0.3 is 0 Å². The van der Waals surface area contributed by atoms with E-state index < -0.39 is 5.41 Å². The first kappa shape index (κ1) is 14.2. The van der Waals surface area contributed by atoms with Crippen molar-refractivity contribution in [1.29, 1.82) is 0 Å². The van der Waals surface area contributed by atoms with Gasteiger partial charge in [-0.1, -0.05) is 31.8 Å². The maximum atomic E-state index is 12.5. The Morgan fingerprint density at radius 2 is 1.95 bits per heavy atom. The molecule has 2 unspecified atom stereocenters. The summed E-state index contributed by atoms with van der Waals surface area (Å²) in [5.74, 6) is 0.973. The molecule has 0 saturated heterocycles. The molecule has 4 N–H and O–H groups in total. The van der Waals surface area contributed by atoms with Crippen LogP contribution >= 0.6 is 0 Å². The Labute approximate surface area is 114 Å². The molecule has 2 aliphatic carbocycles. The minimum Gasteiger partial charge on any atom is -0.409 e. The first-order chi connectivity index (χ1) is 8.99. The van der Waals surface area contributed by atoms with Gasteiger partial charge in [0.2, 0.25) is 5.91 Å². The van der Waals surface area contributed by atoms with E-state index in [1.807, 2.05) is 0 Å². The molecule has 0 aromatic heterocycles. The van der Waals surface area contributed by atoms with Crippen LogP contribution in [0.3, 0.4) is 0 Å². The average Bonchev–Trinajstić information content (AvgIpc) is 2.36. The van der Waals surface area contributed by atoms with Gasteiger partial charge in [-0.15, -0.1) is 0 Å². The molecule has 2 fully saturated rings. The summed E-state index contributed by atoms with van der Waals surface area (Å²) in [4.78, 5) is 12.5. The van der Waals surface area contributed by atoms with Crippen LogP contribution in [-0.4, -0.2) is 23.0 Å². The second-order valence-electron chi connectivity index (χ2n) is 6.42. The molecule has 0 aliphatic heterocycles. The summed E-state index contributed by atoms with van der Waals surface area (Å²) in [5, 5.41) is 15.1. The van der Waals surface area contributed by atoms with Gasteiger partial charge in [0.05, 0.1) is 0 Å². The van der Waals surface area contributed by atoms with Gasteiger partial charge in [0.1, 0.15) is 5.41 Å². The molecular weight excluding hydrogens is 242 g/mol. The average molecular weight is 267 g/mol. The molecule has 5 nitrogen and oxygen atoms in total. The van der Waals surface area contributed by atoms with Gasteiger partial charge in [0, 0.05) is 6.04 Å². The minimum atomic E-state index is -0.772. The molecule has 0 aromatic carbocycles. The normalized spacial score (nSPS) is 39.5. The summed E-state index contributed by atoms with van der Waals surface area (Å²) < 4.78 is 0. The molecule has 2 rings (SSSR count). The fourth-order valence-electron chi connectivity index (χ4n) is 3.57. The van der Waals surface area contributed by atoms with E-state index in [9.17, 15) is 4.79 Å². The largest absolute Gasteiger partial charge is 0.409 e. The van der Waals surface area contributed by atoms with Crippen molar-refractivity contribution in [1.82, 2.24) is 5.32 Å². The second-order valence-corrected chi connectivity index (χ2v) is 6.42. The molecule has 108 valence electrons.